The average molecular weight is 316 g/mol. The van der Waals surface area contributed by atoms with E-state index in [9.17, 15) is 0 Å². The van der Waals surface area contributed by atoms with Crippen molar-refractivity contribution in [1.29, 1.82) is 0 Å². The van der Waals surface area contributed by atoms with Gasteiger partial charge in [-0.3, -0.25) is 0 Å². The van der Waals surface area contributed by atoms with Gasteiger partial charge in [0.1, 0.15) is 5.75 Å². The zero-order valence-corrected chi connectivity index (χ0v) is 12.2. The molecule has 0 aromatic heterocycles. The number of hydrogen-bond acceptors (Lipinski definition) is 4. The van der Waals surface area contributed by atoms with Gasteiger partial charge in [-0.15, -0.1) is 0 Å². The second-order valence-electron chi connectivity index (χ2n) is 4.18. The molecule has 0 amide bonds. The molecule has 0 saturated carbocycles. The quantitative estimate of drug-likeness (QED) is 0.816. The van der Waals surface area contributed by atoms with Crippen LogP contribution in [0.4, 0.5) is 0 Å². The molecule has 0 bridgehead atoms. The van der Waals surface area contributed by atoms with Crippen LogP contribution in [0.2, 0.25) is 0 Å². The number of fused-ring (bicyclic) bond motifs is 1. The second-order valence-corrected chi connectivity index (χ2v) is 5.10. The Hall–Kier alpha value is -0.620. The van der Waals surface area contributed by atoms with Crippen LogP contribution in [0.3, 0.4) is 0 Å². The van der Waals surface area contributed by atoms with Crippen molar-refractivity contribution in [2.45, 2.75) is 19.3 Å². The SMILES string of the molecule is COC(CNCc1cc(Br)cc2c1OCC2)OC. The van der Waals surface area contributed by atoms with E-state index in [4.69, 9.17) is 14.2 Å². The molecule has 18 heavy (non-hydrogen) atoms. The molecule has 5 heteroatoms. The summed E-state index contributed by atoms with van der Waals surface area (Å²) in [5, 5.41) is 3.31. The number of hydrogen-bond donors (Lipinski definition) is 1. The summed E-state index contributed by atoms with van der Waals surface area (Å²) in [4.78, 5) is 0. The molecule has 0 spiro atoms. The van der Waals surface area contributed by atoms with E-state index in [0.717, 1.165) is 29.8 Å². The predicted octanol–water partition coefficient (Wildman–Crippen LogP) is 2.09. The van der Waals surface area contributed by atoms with Gasteiger partial charge in [0.15, 0.2) is 6.29 Å². The maximum absolute atomic E-state index is 5.67. The van der Waals surface area contributed by atoms with Gasteiger partial charge in [0, 0.05) is 43.8 Å². The van der Waals surface area contributed by atoms with E-state index in [1.807, 2.05) is 0 Å². The molecule has 4 nitrogen and oxygen atoms in total. The Balaban J connectivity index is 1.97. The van der Waals surface area contributed by atoms with Crippen molar-refractivity contribution in [2.24, 2.45) is 0 Å². The van der Waals surface area contributed by atoms with Crippen LogP contribution < -0.4 is 10.1 Å². The number of rotatable bonds is 6. The van der Waals surface area contributed by atoms with Crippen molar-refractivity contribution < 1.29 is 14.2 Å². The summed E-state index contributed by atoms with van der Waals surface area (Å²) >= 11 is 3.53. The molecule has 1 aromatic rings. The van der Waals surface area contributed by atoms with E-state index in [2.05, 4.69) is 33.4 Å². The molecule has 0 unspecified atom stereocenters. The van der Waals surface area contributed by atoms with E-state index in [1.54, 1.807) is 14.2 Å². The Morgan fingerprint density at radius 3 is 2.89 bits per heavy atom. The molecule has 0 saturated heterocycles. The van der Waals surface area contributed by atoms with Crippen molar-refractivity contribution in [3.63, 3.8) is 0 Å². The summed E-state index contributed by atoms with van der Waals surface area (Å²) in [5.41, 5.74) is 2.44. The molecule has 2 rings (SSSR count). The predicted molar refractivity (Wildman–Crippen MR) is 72.9 cm³/mol. The lowest BCUT2D eigenvalue weighted by molar-refractivity contribution is -0.0989. The van der Waals surface area contributed by atoms with E-state index in [0.29, 0.717) is 6.54 Å². The van der Waals surface area contributed by atoms with Crippen molar-refractivity contribution in [3.05, 3.63) is 27.7 Å². The number of nitrogens with one attached hydrogen (secondary N) is 1. The van der Waals surface area contributed by atoms with Crippen molar-refractivity contribution in [1.82, 2.24) is 5.32 Å². The van der Waals surface area contributed by atoms with Gasteiger partial charge in [0.05, 0.1) is 6.61 Å². The Kier molecular flexibility index (Phi) is 5.00. The molecule has 0 atom stereocenters. The summed E-state index contributed by atoms with van der Waals surface area (Å²) < 4.78 is 17.0. The molecule has 1 heterocycles. The largest absolute Gasteiger partial charge is 0.493 e. The Morgan fingerprint density at radius 1 is 1.39 bits per heavy atom. The van der Waals surface area contributed by atoms with Crippen LogP contribution in [0.5, 0.6) is 5.75 Å². The lowest BCUT2D eigenvalue weighted by atomic mass is 10.1. The van der Waals surface area contributed by atoms with E-state index in [-0.39, 0.29) is 6.29 Å². The fourth-order valence-electron chi connectivity index (χ4n) is 2.06. The van der Waals surface area contributed by atoms with Crippen LogP contribution in [-0.2, 0) is 22.4 Å². The van der Waals surface area contributed by atoms with Gasteiger partial charge in [-0.05, 0) is 17.7 Å². The highest BCUT2D eigenvalue weighted by molar-refractivity contribution is 9.10. The zero-order chi connectivity index (χ0) is 13.0. The van der Waals surface area contributed by atoms with Crippen LogP contribution in [-0.4, -0.2) is 33.7 Å². The second kappa shape index (κ2) is 6.52. The third-order valence-corrected chi connectivity index (χ3v) is 3.44. The van der Waals surface area contributed by atoms with Crippen molar-refractivity contribution in [3.8, 4) is 5.75 Å². The topological polar surface area (TPSA) is 39.7 Å². The molecule has 1 aliphatic heterocycles. The molecular formula is C13H18BrNO3. The highest BCUT2D eigenvalue weighted by Gasteiger charge is 2.17. The maximum atomic E-state index is 5.67. The minimum absolute atomic E-state index is 0.217. The molecule has 0 radical (unpaired) electrons. The first-order chi connectivity index (χ1) is 8.74. The number of halogens is 1. The van der Waals surface area contributed by atoms with Gasteiger partial charge in [-0.25, -0.2) is 0 Å². The molecule has 0 fully saturated rings. The van der Waals surface area contributed by atoms with Crippen LogP contribution in [0, 0.1) is 0 Å². The number of benzene rings is 1. The zero-order valence-electron chi connectivity index (χ0n) is 10.7. The fourth-order valence-corrected chi connectivity index (χ4v) is 2.62. The summed E-state index contributed by atoms with van der Waals surface area (Å²) in [5.74, 6) is 1.03. The van der Waals surface area contributed by atoms with Crippen LogP contribution in [0.25, 0.3) is 0 Å². The van der Waals surface area contributed by atoms with Crippen molar-refractivity contribution >= 4 is 15.9 Å². The molecule has 1 aliphatic rings. The fraction of sp³-hybridized carbons (Fsp3) is 0.538. The lowest BCUT2D eigenvalue weighted by Crippen LogP contribution is -2.29. The van der Waals surface area contributed by atoms with Gasteiger partial charge in [0.25, 0.3) is 0 Å². The summed E-state index contributed by atoms with van der Waals surface area (Å²) in [7, 11) is 3.27. The summed E-state index contributed by atoms with van der Waals surface area (Å²) in [6, 6.07) is 4.21. The summed E-state index contributed by atoms with van der Waals surface area (Å²) in [6.07, 6.45) is 0.770. The highest BCUT2D eigenvalue weighted by atomic mass is 79.9. The number of ether oxygens (including phenoxy) is 3. The third-order valence-electron chi connectivity index (χ3n) is 2.98. The first-order valence-corrected chi connectivity index (χ1v) is 6.74. The first kappa shape index (κ1) is 13.8. The van der Waals surface area contributed by atoms with Gasteiger partial charge in [-0.1, -0.05) is 15.9 Å². The maximum Gasteiger partial charge on any atom is 0.169 e. The minimum Gasteiger partial charge on any atom is -0.493 e. The summed E-state index contributed by atoms with van der Waals surface area (Å²) in [6.45, 7) is 2.16. The molecular weight excluding hydrogens is 298 g/mol. The molecule has 1 N–H and O–H groups in total. The van der Waals surface area contributed by atoms with Gasteiger partial charge < -0.3 is 19.5 Å². The standard InChI is InChI=1S/C13H18BrNO3/c1-16-12(17-2)8-15-7-10-6-11(14)5-9-3-4-18-13(9)10/h5-6,12,15H,3-4,7-8H2,1-2H3. The van der Waals surface area contributed by atoms with Crippen molar-refractivity contribution in [2.75, 3.05) is 27.4 Å². The number of methoxy groups -OCH3 is 2. The van der Waals surface area contributed by atoms with Crippen LogP contribution in [0.15, 0.2) is 16.6 Å². The highest BCUT2D eigenvalue weighted by Crippen LogP contribution is 2.32. The van der Waals surface area contributed by atoms with Gasteiger partial charge in [0.2, 0.25) is 0 Å². The monoisotopic (exact) mass is 315 g/mol. The Morgan fingerprint density at radius 2 is 2.17 bits per heavy atom. The van der Waals surface area contributed by atoms with E-state index < -0.39 is 0 Å². The van der Waals surface area contributed by atoms with E-state index in [1.165, 1.54) is 11.1 Å². The Labute approximate surface area is 116 Å². The lowest BCUT2D eigenvalue weighted by Gasteiger charge is -2.15. The van der Waals surface area contributed by atoms with Gasteiger partial charge in [-0.2, -0.15) is 0 Å². The smallest absolute Gasteiger partial charge is 0.169 e. The average Bonchev–Trinajstić information content (AvgIpc) is 2.82. The third kappa shape index (κ3) is 3.23. The molecule has 1 aromatic carbocycles. The van der Waals surface area contributed by atoms with Crippen LogP contribution >= 0.6 is 15.9 Å². The first-order valence-electron chi connectivity index (χ1n) is 5.95. The van der Waals surface area contributed by atoms with Gasteiger partial charge >= 0.3 is 0 Å². The molecule has 100 valence electrons. The minimum atomic E-state index is -0.217. The van der Waals surface area contributed by atoms with Crippen LogP contribution in [0.1, 0.15) is 11.1 Å². The Bertz CT molecular complexity index is 407. The molecule has 0 aliphatic carbocycles. The normalized spacial score (nSPS) is 13.8. The van der Waals surface area contributed by atoms with E-state index >= 15 is 0 Å².